The predicted octanol–water partition coefficient (Wildman–Crippen LogP) is 4.06. The van der Waals surface area contributed by atoms with Crippen LogP contribution in [-0.4, -0.2) is 10.0 Å². The van der Waals surface area contributed by atoms with Gasteiger partial charge in [0, 0.05) is 11.3 Å². The second-order valence-electron chi connectivity index (χ2n) is 4.24. The standard InChI is InChI=1S/C11H12Cl3NO/c1-10(2)7-5-3-4-6-8(7)15-9(16-10)11(12,13)14/h3-6,9,15H,1-2H3/t9-/m1/s1. The van der Waals surface area contributed by atoms with Crippen molar-refractivity contribution >= 4 is 40.5 Å². The molecular weight excluding hydrogens is 268 g/mol. The van der Waals surface area contributed by atoms with Gasteiger partial charge in [-0.05, 0) is 19.9 Å². The van der Waals surface area contributed by atoms with Crippen LogP contribution in [0, 0.1) is 0 Å². The van der Waals surface area contributed by atoms with E-state index in [-0.39, 0.29) is 0 Å². The highest BCUT2D eigenvalue weighted by Crippen LogP contribution is 2.43. The van der Waals surface area contributed by atoms with Gasteiger partial charge >= 0.3 is 0 Å². The van der Waals surface area contributed by atoms with Gasteiger partial charge in [-0.2, -0.15) is 0 Å². The van der Waals surface area contributed by atoms with E-state index in [9.17, 15) is 0 Å². The Balaban J connectivity index is 2.41. The smallest absolute Gasteiger partial charge is 0.234 e. The molecule has 0 aromatic heterocycles. The zero-order valence-corrected chi connectivity index (χ0v) is 11.2. The van der Waals surface area contributed by atoms with Crippen LogP contribution in [0.3, 0.4) is 0 Å². The maximum Gasteiger partial charge on any atom is 0.234 e. The number of alkyl halides is 3. The summed E-state index contributed by atoms with van der Waals surface area (Å²) in [6, 6.07) is 7.84. The molecule has 0 spiro atoms. The second-order valence-corrected chi connectivity index (χ2v) is 6.61. The zero-order valence-electron chi connectivity index (χ0n) is 8.93. The molecule has 0 fully saturated rings. The lowest BCUT2D eigenvalue weighted by Gasteiger charge is -2.41. The van der Waals surface area contributed by atoms with Crippen molar-refractivity contribution in [3.05, 3.63) is 29.8 Å². The first-order valence-corrected chi connectivity index (χ1v) is 6.05. The summed E-state index contributed by atoms with van der Waals surface area (Å²) in [7, 11) is 0. The number of ether oxygens (including phenoxy) is 1. The third-order valence-corrected chi connectivity index (χ3v) is 3.17. The van der Waals surface area contributed by atoms with Crippen LogP contribution in [0.25, 0.3) is 0 Å². The Bertz CT molecular complexity index is 400. The van der Waals surface area contributed by atoms with Crippen LogP contribution in [-0.2, 0) is 10.3 Å². The molecule has 1 aromatic rings. The van der Waals surface area contributed by atoms with Crippen LogP contribution in [0.4, 0.5) is 5.69 Å². The summed E-state index contributed by atoms with van der Waals surface area (Å²) in [5, 5.41) is 3.07. The highest BCUT2D eigenvalue weighted by molar-refractivity contribution is 6.68. The normalized spacial score (nSPS) is 23.4. The lowest BCUT2D eigenvalue weighted by atomic mass is 9.94. The molecule has 1 aromatic carbocycles. The third kappa shape index (κ3) is 2.25. The molecule has 0 saturated heterocycles. The highest BCUT2D eigenvalue weighted by Gasteiger charge is 2.42. The number of anilines is 1. The Hall–Kier alpha value is -0.150. The van der Waals surface area contributed by atoms with Gasteiger partial charge in [0.2, 0.25) is 3.79 Å². The summed E-state index contributed by atoms with van der Waals surface area (Å²) in [6.45, 7) is 3.91. The summed E-state index contributed by atoms with van der Waals surface area (Å²) >= 11 is 17.5. The van der Waals surface area contributed by atoms with E-state index in [0.717, 1.165) is 11.3 Å². The van der Waals surface area contributed by atoms with E-state index in [4.69, 9.17) is 39.5 Å². The summed E-state index contributed by atoms with van der Waals surface area (Å²) in [5.74, 6) is 0. The lowest BCUT2D eigenvalue weighted by Crippen LogP contribution is -2.46. The van der Waals surface area contributed by atoms with Crippen molar-refractivity contribution in [1.82, 2.24) is 0 Å². The molecule has 16 heavy (non-hydrogen) atoms. The molecule has 0 amide bonds. The quantitative estimate of drug-likeness (QED) is 0.724. The molecule has 88 valence electrons. The number of para-hydroxylation sites is 1. The van der Waals surface area contributed by atoms with Crippen LogP contribution in [0.2, 0.25) is 0 Å². The van der Waals surface area contributed by atoms with Gasteiger partial charge in [0.25, 0.3) is 0 Å². The Labute approximate surface area is 110 Å². The minimum atomic E-state index is -1.50. The lowest BCUT2D eigenvalue weighted by molar-refractivity contribution is -0.0694. The minimum absolute atomic E-state index is 0.476. The molecule has 1 aliphatic rings. The molecule has 0 unspecified atom stereocenters. The van der Waals surface area contributed by atoms with Crippen molar-refractivity contribution in [1.29, 1.82) is 0 Å². The fourth-order valence-corrected chi connectivity index (χ4v) is 2.11. The summed E-state index contributed by atoms with van der Waals surface area (Å²) in [4.78, 5) is 0. The average Bonchev–Trinajstić information content (AvgIpc) is 2.15. The van der Waals surface area contributed by atoms with Gasteiger partial charge in [0.15, 0.2) is 6.23 Å². The number of hydrogen-bond acceptors (Lipinski definition) is 2. The van der Waals surface area contributed by atoms with Crippen LogP contribution < -0.4 is 5.32 Å². The maximum atomic E-state index is 5.85. The molecular formula is C11H12Cl3NO. The molecule has 0 aliphatic carbocycles. The summed E-state index contributed by atoms with van der Waals surface area (Å²) in [5.41, 5.74) is 1.52. The minimum Gasteiger partial charge on any atom is -0.356 e. The molecule has 5 heteroatoms. The van der Waals surface area contributed by atoms with Gasteiger partial charge in [0.1, 0.15) is 0 Å². The van der Waals surface area contributed by atoms with Crippen molar-refractivity contribution in [3.8, 4) is 0 Å². The zero-order chi connectivity index (χ0) is 12.0. The van der Waals surface area contributed by atoms with Crippen LogP contribution >= 0.6 is 34.8 Å². The molecule has 2 rings (SSSR count). The predicted molar refractivity (Wildman–Crippen MR) is 68.3 cm³/mol. The molecule has 1 aliphatic heterocycles. The fourth-order valence-electron chi connectivity index (χ4n) is 1.81. The molecule has 1 atom stereocenters. The van der Waals surface area contributed by atoms with Crippen molar-refractivity contribution in [2.24, 2.45) is 0 Å². The number of rotatable bonds is 0. The number of benzene rings is 1. The number of hydrogen-bond donors (Lipinski definition) is 1. The van der Waals surface area contributed by atoms with E-state index in [1.807, 2.05) is 38.1 Å². The Morgan fingerprint density at radius 2 is 1.88 bits per heavy atom. The molecule has 0 saturated carbocycles. The Kier molecular flexibility index (Phi) is 3.04. The number of fused-ring (bicyclic) bond motifs is 1. The highest BCUT2D eigenvalue weighted by atomic mass is 35.6. The van der Waals surface area contributed by atoms with Crippen LogP contribution in [0.5, 0.6) is 0 Å². The van der Waals surface area contributed by atoms with Crippen molar-refractivity contribution < 1.29 is 4.74 Å². The summed E-state index contributed by atoms with van der Waals surface area (Å²) < 4.78 is 4.26. The first-order valence-electron chi connectivity index (χ1n) is 4.91. The molecule has 1 heterocycles. The maximum absolute atomic E-state index is 5.85. The largest absolute Gasteiger partial charge is 0.356 e. The second kappa shape index (κ2) is 3.95. The molecule has 1 N–H and O–H groups in total. The van der Waals surface area contributed by atoms with Crippen molar-refractivity contribution in [2.45, 2.75) is 29.5 Å². The fraction of sp³-hybridized carbons (Fsp3) is 0.455. The van der Waals surface area contributed by atoms with Crippen molar-refractivity contribution in [3.63, 3.8) is 0 Å². The summed E-state index contributed by atoms with van der Waals surface area (Å²) in [6.07, 6.45) is -0.651. The van der Waals surface area contributed by atoms with Gasteiger partial charge < -0.3 is 10.1 Å². The SMILES string of the molecule is CC1(C)O[C@H](C(Cl)(Cl)Cl)Nc2ccccc21. The van der Waals surface area contributed by atoms with Gasteiger partial charge in [-0.15, -0.1) is 0 Å². The average molecular weight is 281 g/mol. The van der Waals surface area contributed by atoms with E-state index in [0.29, 0.717) is 0 Å². The van der Waals surface area contributed by atoms with E-state index in [1.165, 1.54) is 0 Å². The molecule has 0 bridgehead atoms. The van der Waals surface area contributed by atoms with E-state index >= 15 is 0 Å². The van der Waals surface area contributed by atoms with E-state index < -0.39 is 15.6 Å². The van der Waals surface area contributed by atoms with E-state index in [2.05, 4.69) is 5.32 Å². The first-order chi connectivity index (χ1) is 7.31. The van der Waals surface area contributed by atoms with Gasteiger partial charge in [-0.25, -0.2) is 0 Å². The topological polar surface area (TPSA) is 21.3 Å². The number of nitrogens with one attached hydrogen (secondary N) is 1. The third-order valence-electron chi connectivity index (χ3n) is 2.57. The van der Waals surface area contributed by atoms with Crippen molar-refractivity contribution in [2.75, 3.05) is 5.32 Å². The van der Waals surface area contributed by atoms with Gasteiger partial charge in [-0.1, -0.05) is 53.0 Å². The monoisotopic (exact) mass is 279 g/mol. The Morgan fingerprint density at radius 3 is 2.50 bits per heavy atom. The Morgan fingerprint density at radius 1 is 1.25 bits per heavy atom. The van der Waals surface area contributed by atoms with Crippen LogP contribution in [0.1, 0.15) is 19.4 Å². The molecule has 2 nitrogen and oxygen atoms in total. The van der Waals surface area contributed by atoms with E-state index in [1.54, 1.807) is 0 Å². The molecule has 0 radical (unpaired) electrons. The van der Waals surface area contributed by atoms with Gasteiger partial charge in [-0.3, -0.25) is 0 Å². The first kappa shape index (κ1) is 12.3. The van der Waals surface area contributed by atoms with Crippen LogP contribution in [0.15, 0.2) is 24.3 Å². The number of halogens is 3. The van der Waals surface area contributed by atoms with Gasteiger partial charge in [0.05, 0.1) is 5.60 Å².